The van der Waals surface area contributed by atoms with Crippen LogP contribution in [0.5, 0.6) is 0 Å². The molecule has 2 aromatic carbocycles. The maximum absolute atomic E-state index is 13.4. The fourth-order valence-electron chi connectivity index (χ4n) is 3.36. The summed E-state index contributed by atoms with van der Waals surface area (Å²) in [6.07, 6.45) is 4.13. The Morgan fingerprint density at radius 3 is 2.43 bits per heavy atom. The molecule has 1 aliphatic rings. The molecule has 0 bridgehead atoms. The van der Waals surface area contributed by atoms with E-state index in [0.717, 1.165) is 17.5 Å². The van der Waals surface area contributed by atoms with Crippen molar-refractivity contribution < 1.29 is 4.39 Å². The number of rotatable bonds is 2. The van der Waals surface area contributed by atoms with Crippen LogP contribution >= 0.6 is 0 Å². The maximum Gasteiger partial charge on any atom is 0.123 e. The number of fused-ring (bicyclic) bond motifs is 1. The zero-order valence-corrected chi connectivity index (χ0v) is 11.7. The van der Waals surface area contributed by atoms with Crippen LogP contribution in [0, 0.1) is 5.82 Å². The summed E-state index contributed by atoms with van der Waals surface area (Å²) in [7, 11) is 0. The molecule has 0 saturated heterocycles. The Labute approximate surface area is 123 Å². The van der Waals surface area contributed by atoms with Gasteiger partial charge in [0.25, 0.3) is 0 Å². The van der Waals surface area contributed by atoms with Crippen molar-refractivity contribution in [3.8, 4) is 0 Å². The average molecular weight is 277 g/mol. The van der Waals surface area contributed by atoms with Gasteiger partial charge in [0.15, 0.2) is 0 Å². The summed E-state index contributed by atoms with van der Waals surface area (Å²) in [5.41, 5.74) is 3.50. The highest BCUT2D eigenvalue weighted by Gasteiger charge is 2.33. The van der Waals surface area contributed by atoms with Gasteiger partial charge < -0.3 is 0 Å². The van der Waals surface area contributed by atoms with Crippen molar-refractivity contribution >= 4 is 10.9 Å². The molecule has 104 valence electrons. The number of pyridine rings is 1. The predicted molar refractivity (Wildman–Crippen MR) is 82.9 cm³/mol. The monoisotopic (exact) mass is 277 g/mol. The van der Waals surface area contributed by atoms with E-state index in [9.17, 15) is 4.39 Å². The van der Waals surface area contributed by atoms with Gasteiger partial charge in [0, 0.05) is 11.6 Å². The second kappa shape index (κ2) is 4.96. The first kappa shape index (κ1) is 12.5. The number of aromatic nitrogens is 1. The van der Waals surface area contributed by atoms with E-state index in [1.807, 2.05) is 24.4 Å². The van der Waals surface area contributed by atoms with E-state index < -0.39 is 0 Å². The van der Waals surface area contributed by atoms with Gasteiger partial charge in [0.05, 0.1) is 5.52 Å². The molecular formula is C19H16FN. The van der Waals surface area contributed by atoms with Crippen LogP contribution in [0.25, 0.3) is 10.9 Å². The van der Waals surface area contributed by atoms with Crippen molar-refractivity contribution in [2.45, 2.75) is 24.7 Å². The zero-order valence-electron chi connectivity index (χ0n) is 11.7. The number of hydrogen-bond acceptors (Lipinski definition) is 1. The Balaban J connectivity index is 1.68. The summed E-state index contributed by atoms with van der Waals surface area (Å²) in [6.45, 7) is 0. The average Bonchev–Trinajstić information content (AvgIpc) is 2.46. The van der Waals surface area contributed by atoms with E-state index in [0.29, 0.717) is 11.8 Å². The van der Waals surface area contributed by atoms with Crippen molar-refractivity contribution in [3.63, 3.8) is 0 Å². The Bertz CT molecular complexity index is 796. The standard InChI is InChI=1S/C19H16FN/c20-16-5-1-3-13(12-16)17-7-8-18(17)14-6-9-19-15(11-14)4-2-10-21-19/h1-6,9-12,17-18H,7-8H2. The number of benzene rings is 2. The molecule has 1 nitrogen and oxygen atoms in total. The molecule has 2 heteroatoms. The largest absolute Gasteiger partial charge is 0.256 e. The summed E-state index contributed by atoms with van der Waals surface area (Å²) < 4.78 is 13.4. The van der Waals surface area contributed by atoms with Gasteiger partial charge >= 0.3 is 0 Å². The molecular weight excluding hydrogens is 261 g/mol. The van der Waals surface area contributed by atoms with E-state index in [2.05, 4.69) is 29.2 Å². The van der Waals surface area contributed by atoms with Gasteiger partial charge in [0.2, 0.25) is 0 Å². The maximum atomic E-state index is 13.4. The minimum atomic E-state index is -0.138. The fraction of sp³-hybridized carbons (Fsp3) is 0.211. The first-order valence-electron chi connectivity index (χ1n) is 7.41. The van der Waals surface area contributed by atoms with Crippen molar-refractivity contribution in [2.75, 3.05) is 0 Å². The van der Waals surface area contributed by atoms with Crippen LogP contribution in [0.3, 0.4) is 0 Å². The van der Waals surface area contributed by atoms with Crippen molar-refractivity contribution in [1.29, 1.82) is 0 Å². The third-order valence-corrected chi connectivity index (χ3v) is 4.61. The normalized spacial score (nSPS) is 21.2. The van der Waals surface area contributed by atoms with Crippen LogP contribution in [0.4, 0.5) is 4.39 Å². The lowest BCUT2D eigenvalue weighted by Gasteiger charge is -2.37. The molecule has 1 aliphatic carbocycles. The number of halogens is 1. The van der Waals surface area contributed by atoms with Gasteiger partial charge in [-0.3, -0.25) is 4.98 Å². The van der Waals surface area contributed by atoms with E-state index in [-0.39, 0.29) is 5.82 Å². The third kappa shape index (κ3) is 2.21. The Kier molecular flexibility index (Phi) is 2.95. The molecule has 2 atom stereocenters. The molecule has 0 amide bonds. The Morgan fingerprint density at radius 2 is 1.67 bits per heavy atom. The topological polar surface area (TPSA) is 12.9 Å². The van der Waals surface area contributed by atoms with Gasteiger partial charge in [0.1, 0.15) is 5.82 Å². The SMILES string of the molecule is Fc1cccc(C2CCC2c2ccc3ncccc3c2)c1. The van der Waals surface area contributed by atoms with Crippen molar-refractivity contribution in [3.05, 3.63) is 77.7 Å². The first-order chi connectivity index (χ1) is 10.3. The third-order valence-electron chi connectivity index (χ3n) is 4.61. The summed E-state index contributed by atoms with van der Waals surface area (Å²) in [5.74, 6) is 0.798. The molecule has 0 spiro atoms. The summed E-state index contributed by atoms with van der Waals surface area (Å²) in [5, 5.41) is 1.18. The van der Waals surface area contributed by atoms with Crippen LogP contribution in [0.2, 0.25) is 0 Å². The van der Waals surface area contributed by atoms with E-state index in [4.69, 9.17) is 0 Å². The lowest BCUT2D eigenvalue weighted by Crippen LogP contribution is -2.21. The highest BCUT2D eigenvalue weighted by atomic mass is 19.1. The minimum Gasteiger partial charge on any atom is -0.256 e. The van der Waals surface area contributed by atoms with Gasteiger partial charge in [-0.1, -0.05) is 24.3 Å². The van der Waals surface area contributed by atoms with Gasteiger partial charge in [-0.05, 0) is 66.1 Å². The molecule has 1 fully saturated rings. The molecule has 1 saturated carbocycles. The number of hydrogen-bond donors (Lipinski definition) is 0. The first-order valence-corrected chi connectivity index (χ1v) is 7.41. The van der Waals surface area contributed by atoms with Crippen LogP contribution in [0.1, 0.15) is 35.8 Å². The molecule has 3 aromatic rings. The van der Waals surface area contributed by atoms with Crippen molar-refractivity contribution in [1.82, 2.24) is 4.98 Å². The molecule has 2 unspecified atom stereocenters. The smallest absolute Gasteiger partial charge is 0.123 e. The second-order valence-corrected chi connectivity index (χ2v) is 5.80. The Hall–Kier alpha value is -2.22. The van der Waals surface area contributed by atoms with Gasteiger partial charge in [-0.15, -0.1) is 0 Å². The summed E-state index contributed by atoms with van der Waals surface area (Å²) in [4.78, 5) is 4.36. The van der Waals surface area contributed by atoms with Gasteiger partial charge in [-0.2, -0.15) is 0 Å². The van der Waals surface area contributed by atoms with Crippen LogP contribution in [0.15, 0.2) is 60.8 Å². The van der Waals surface area contributed by atoms with Crippen LogP contribution in [-0.2, 0) is 0 Å². The number of nitrogens with zero attached hydrogens (tertiary/aromatic N) is 1. The highest BCUT2D eigenvalue weighted by Crippen LogP contribution is 2.49. The quantitative estimate of drug-likeness (QED) is 0.640. The summed E-state index contributed by atoms with van der Waals surface area (Å²) >= 11 is 0. The van der Waals surface area contributed by atoms with E-state index in [1.165, 1.54) is 23.4 Å². The molecule has 1 heterocycles. The van der Waals surface area contributed by atoms with Crippen molar-refractivity contribution in [2.24, 2.45) is 0 Å². The molecule has 4 rings (SSSR count). The summed E-state index contributed by atoms with van der Waals surface area (Å²) in [6, 6.07) is 17.6. The highest BCUT2D eigenvalue weighted by molar-refractivity contribution is 5.79. The molecule has 0 aliphatic heterocycles. The fourth-order valence-corrected chi connectivity index (χ4v) is 3.36. The van der Waals surface area contributed by atoms with E-state index in [1.54, 1.807) is 6.07 Å². The van der Waals surface area contributed by atoms with E-state index >= 15 is 0 Å². The van der Waals surface area contributed by atoms with Crippen LogP contribution < -0.4 is 0 Å². The molecule has 21 heavy (non-hydrogen) atoms. The lowest BCUT2D eigenvalue weighted by molar-refractivity contribution is 0.346. The second-order valence-electron chi connectivity index (χ2n) is 5.80. The zero-order chi connectivity index (χ0) is 14.2. The molecule has 0 radical (unpaired) electrons. The van der Waals surface area contributed by atoms with Crippen LogP contribution in [-0.4, -0.2) is 4.98 Å². The molecule has 1 aromatic heterocycles. The minimum absolute atomic E-state index is 0.138. The Morgan fingerprint density at radius 1 is 0.857 bits per heavy atom. The van der Waals surface area contributed by atoms with Gasteiger partial charge in [-0.25, -0.2) is 4.39 Å². The molecule has 0 N–H and O–H groups in total. The lowest BCUT2D eigenvalue weighted by atomic mass is 9.67. The predicted octanol–water partition coefficient (Wildman–Crippen LogP) is 5.04.